The summed E-state index contributed by atoms with van der Waals surface area (Å²) in [5.74, 6) is 1.14. The van der Waals surface area contributed by atoms with Crippen LogP contribution in [0.25, 0.3) is 0 Å². The molecule has 0 saturated heterocycles. The van der Waals surface area contributed by atoms with Gasteiger partial charge in [-0.2, -0.15) is 0 Å². The van der Waals surface area contributed by atoms with Crippen LogP contribution in [0.4, 0.5) is 5.69 Å². The van der Waals surface area contributed by atoms with Gasteiger partial charge in [-0.05, 0) is 24.3 Å². The number of nitrogens with one attached hydrogen (secondary N) is 1. The predicted octanol–water partition coefficient (Wildman–Crippen LogP) is 4.18. The molecule has 0 unspecified atom stereocenters. The minimum Gasteiger partial charge on any atom is -0.457 e. The Labute approximate surface area is 159 Å². The van der Waals surface area contributed by atoms with Crippen molar-refractivity contribution in [2.45, 2.75) is 5.92 Å². The molecule has 4 nitrogen and oxygen atoms in total. The van der Waals surface area contributed by atoms with E-state index in [1.807, 2.05) is 73.8 Å². The van der Waals surface area contributed by atoms with Crippen LogP contribution in [0, 0.1) is 0 Å². The van der Waals surface area contributed by atoms with Gasteiger partial charge in [0.1, 0.15) is 11.5 Å². The molecule has 0 bridgehead atoms. The number of carbonyl (C=O) groups excluding carboxylic acids is 1. The molecule has 3 aromatic rings. The monoisotopic (exact) mass is 358 g/mol. The second kappa shape index (κ2) is 7.54. The number of carbonyl (C=O) groups is 1. The van der Waals surface area contributed by atoms with E-state index in [0.29, 0.717) is 6.54 Å². The van der Waals surface area contributed by atoms with E-state index < -0.39 is 0 Å². The van der Waals surface area contributed by atoms with Crippen molar-refractivity contribution in [1.82, 2.24) is 5.32 Å². The summed E-state index contributed by atoms with van der Waals surface area (Å²) in [5, 5.41) is 3.10. The number of fused-ring (bicyclic) bond motifs is 2. The molecule has 0 aromatic heterocycles. The molecule has 4 rings (SSSR count). The largest absolute Gasteiger partial charge is 0.457 e. The molecule has 1 heterocycles. The lowest BCUT2D eigenvalue weighted by Gasteiger charge is -2.28. The number of hydrogen-bond acceptors (Lipinski definition) is 3. The molecular formula is C23H22N2O2. The lowest BCUT2D eigenvalue weighted by Crippen LogP contribution is -2.36. The quantitative estimate of drug-likeness (QED) is 0.744. The maximum atomic E-state index is 13.1. The van der Waals surface area contributed by atoms with Gasteiger partial charge in [0.2, 0.25) is 5.91 Å². The van der Waals surface area contributed by atoms with Crippen LogP contribution in [0.2, 0.25) is 0 Å². The predicted molar refractivity (Wildman–Crippen MR) is 108 cm³/mol. The van der Waals surface area contributed by atoms with Gasteiger partial charge in [0.15, 0.2) is 0 Å². The fraction of sp³-hybridized carbons (Fsp3) is 0.174. The molecule has 0 aliphatic carbocycles. The van der Waals surface area contributed by atoms with Crippen molar-refractivity contribution in [2.75, 3.05) is 25.0 Å². The Morgan fingerprint density at radius 3 is 2.07 bits per heavy atom. The zero-order valence-electron chi connectivity index (χ0n) is 15.3. The highest BCUT2D eigenvalue weighted by Crippen LogP contribution is 2.43. The molecule has 0 fully saturated rings. The minimum absolute atomic E-state index is 0.000313. The van der Waals surface area contributed by atoms with Gasteiger partial charge in [0.25, 0.3) is 0 Å². The Morgan fingerprint density at radius 1 is 0.889 bits per heavy atom. The summed E-state index contributed by atoms with van der Waals surface area (Å²) >= 11 is 0. The van der Waals surface area contributed by atoms with Crippen molar-refractivity contribution in [3.63, 3.8) is 0 Å². The van der Waals surface area contributed by atoms with E-state index in [0.717, 1.165) is 34.9 Å². The highest BCUT2D eigenvalue weighted by Gasteiger charge is 2.32. The molecular weight excluding hydrogens is 336 g/mol. The van der Waals surface area contributed by atoms with E-state index in [9.17, 15) is 4.79 Å². The smallest absolute Gasteiger partial charge is 0.232 e. The second-order valence-corrected chi connectivity index (χ2v) is 6.66. The van der Waals surface area contributed by atoms with Gasteiger partial charge in [-0.3, -0.25) is 4.79 Å². The molecule has 1 aliphatic heterocycles. The Kier molecular flexibility index (Phi) is 4.79. The van der Waals surface area contributed by atoms with E-state index in [2.05, 4.69) is 22.3 Å². The van der Waals surface area contributed by atoms with E-state index in [1.54, 1.807) is 0 Å². The van der Waals surface area contributed by atoms with Gasteiger partial charge in [0, 0.05) is 37.0 Å². The Morgan fingerprint density at radius 2 is 1.44 bits per heavy atom. The average Bonchev–Trinajstić information content (AvgIpc) is 2.72. The Bertz CT molecular complexity index is 894. The van der Waals surface area contributed by atoms with Gasteiger partial charge >= 0.3 is 0 Å². The third-order valence-electron chi connectivity index (χ3n) is 4.89. The molecule has 136 valence electrons. The standard InChI is InChI=1S/C23H22N2O2/c1-25(17-9-3-2-4-10-17)16-15-24-23(26)22-18-11-5-7-13-20(18)27-21-14-8-6-12-19(21)22/h2-14,22H,15-16H2,1H3,(H,24,26). The first-order chi connectivity index (χ1) is 13.2. The van der Waals surface area contributed by atoms with Crippen molar-refractivity contribution < 1.29 is 9.53 Å². The van der Waals surface area contributed by atoms with Crippen LogP contribution in [0.15, 0.2) is 78.9 Å². The molecule has 27 heavy (non-hydrogen) atoms. The fourth-order valence-corrected chi connectivity index (χ4v) is 3.45. The number of likely N-dealkylation sites (N-methyl/N-ethyl adjacent to an activating group) is 1. The summed E-state index contributed by atoms with van der Waals surface area (Å²) < 4.78 is 5.97. The third kappa shape index (κ3) is 3.51. The van der Waals surface area contributed by atoms with Gasteiger partial charge in [-0.25, -0.2) is 0 Å². The maximum absolute atomic E-state index is 13.1. The van der Waals surface area contributed by atoms with E-state index in [4.69, 9.17) is 4.74 Å². The average molecular weight is 358 g/mol. The molecule has 0 atom stereocenters. The first kappa shape index (κ1) is 17.2. The lowest BCUT2D eigenvalue weighted by atomic mass is 9.87. The number of rotatable bonds is 5. The van der Waals surface area contributed by atoms with Crippen molar-refractivity contribution in [3.8, 4) is 11.5 Å². The Hall–Kier alpha value is -3.27. The SMILES string of the molecule is CN(CCNC(=O)C1c2ccccc2Oc2ccccc21)c1ccccc1. The van der Waals surface area contributed by atoms with E-state index in [1.165, 1.54) is 0 Å². The summed E-state index contributed by atoms with van der Waals surface area (Å²) in [6, 6.07) is 25.6. The fourth-order valence-electron chi connectivity index (χ4n) is 3.45. The molecule has 1 aliphatic rings. The highest BCUT2D eigenvalue weighted by atomic mass is 16.5. The Balaban J connectivity index is 1.49. The van der Waals surface area contributed by atoms with Crippen LogP contribution in [-0.4, -0.2) is 26.0 Å². The van der Waals surface area contributed by atoms with Crippen LogP contribution in [0.5, 0.6) is 11.5 Å². The summed E-state index contributed by atoms with van der Waals surface area (Å²) in [6.45, 7) is 1.31. The summed E-state index contributed by atoms with van der Waals surface area (Å²) in [6.07, 6.45) is 0. The molecule has 3 aromatic carbocycles. The number of hydrogen-bond donors (Lipinski definition) is 1. The van der Waals surface area contributed by atoms with Crippen LogP contribution in [0.3, 0.4) is 0 Å². The zero-order chi connectivity index (χ0) is 18.6. The number of anilines is 1. The number of ether oxygens (including phenoxy) is 1. The molecule has 1 N–H and O–H groups in total. The van der Waals surface area contributed by atoms with Crippen LogP contribution in [0.1, 0.15) is 17.0 Å². The van der Waals surface area contributed by atoms with Gasteiger partial charge in [0.05, 0.1) is 5.92 Å². The second-order valence-electron chi connectivity index (χ2n) is 6.66. The maximum Gasteiger partial charge on any atom is 0.232 e. The van der Waals surface area contributed by atoms with Crippen molar-refractivity contribution in [3.05, 3.63) is 90.0 Å². The van der Waals surface area contributed by atoms with Crippen molar-refractivity contribution >= 4 is 11.6 Å². The van der Waals surface area contributed by atoms with Crippen molar-refractivity contribution in [2.24, 2.45) is 0 Å². The first-order valence-electron chi connectivity index (χ1n) is 9.13. The van der Waals surface area contributed by atoms with E-state index in [-0.39, 0.29) is 11.8 Å². The summed E-state index contributed by atoms with van der Waals surface area (Å²) in [7, 11) is 2.03. The lowest BCUT2D eigenvalue weighted by molar-refractivity contribution is -0.121. The molecule has 4 heteroatoms. The summed E-state index contributed by atoms with van der Waals surface area (Å²) in [5.41, 5.74) is 2.95. The minimum atomic E-state index is -0.354. The first-order valence-corrected chi connectivity index (χ1v) is 9.13. The van der Waals surface area contributed by atoms with Crippen LogP contribution in [-0.2, 0) is 4.79 Å². The van der Waals surface area contributed by atoms with Gasteiger partial charge in [-0.1, -0.05) is 54.6 Å². The normalized spacial score (nSPS) is 12.5. The molecule has 0 saturated carbocycles. The molecule has 0 radical (unpaired) electrons. The molecule has 0 spiro atoms. The zero-order valence-corrected chi connectivity index (χ0v) is 15.3. The van der Waals surface area contributed by atoms with Crippen molar-refractivity contribution in [1.29, 1.82) is 0 Å². The number of amides is 1. The van der Waals surface area contributed by atoms with Gasteiger partial charge in [-0.15, -0.1) is 0 Å². The molecule has 1 amide bonds. The number of para-hydroxylation sites is 3. The number of benzene rings is 3. The van der Waals surface area contributed by atoms with Crippen LogP contribution >= 0.6 is 0 Å². The third-order valence-corrected chi connectivity index (χ3v) is 4.89. The van der Waals surface area contributed by atoms with E-state index >= 15 is 0 Å². The topological polar surface area (TPSA) is 41.6 Å². The summed E-state index contributed by atoms with van der Waals surface area (Å²) in [4.78, 5) is 15.2. The highest BCUT2D eigenvalue weighted by molar-refractivity contribution is 5.89. The van der Waals surface area contributed by atoms with Gasteiger partial charge < -0.3 is 15.0 Å². The number of nitrogens with zero attached hydrogens (tertiary/aromatic N) is 1. The van der Waals surface area contributed by atoms with Crippen LogP contribution < -0.4 is 15.0 Å².